The maximum absolute atomic E-state index is 11.5. The second-order valence-electron chi connectivity index (χ2n) is 4.32. The molecule has 2 rings (SSSR count). The minimum Gasteiger partial charge on any atom is -0.368 e. The number of nitrogens with zero attached hydrogens (tertiary/aromatic N) is 4. The predicted octanol–water partition coefficient (Wildman–Crippen LogP) is 0.614. The Hall–Kier alpha value is -2.44. The summed E-state index contributed by atoms with van der Waals surface area (Å²) in [5, 5.41) is 18.0. The zero-order valence-corrected chi connectivity index (χ0v) is 11.6. The van der Waals surface area contributed by atoms with Crippen LogP contribution in [-0.2, 0) is 13.5 Å². The van der Waals surface area contributed by atoms with Gasteiger partial charge in [0.05, 0.1) is 5.69 Å². The molecule has 7 nitrogen and oxygen atoms in total. The fourth-order valence-electron chi connectivity index (χ4n) is 1.71. The van der Waals surface area contributed by atoms with Gasteiger partial charge >= 0.3 is 0 Å². The average molecular weight is 274 g/mol. The first-order valence-corrected chi connectivity index (χ1v) is 6.53. The van der Waals surface area contributed by atoms with Crippen molar-refractivity contribution in [3.8, 4) is 0 Å². The van der Waals surface area contributed by atoms with Crippen LogP contribution in [0.5, 0.6) is 0 Å². The zero-order valence-electron chi connectivity index (χ0n) is 11.6. The number of nitrogens with one attached hydrogen (secondary N) is 2. The van der Waals surface area contributed by atoms with Crippen molar-refractivity contribution in [3.05, 3.63) is 35.8 Å². The molecule has 0 aliphatic rings. The molecule has 0 saturated heterocycles. The molecular formula is C13H18N6O. The van der Waals surface area contributed by atoms with Crippen molar-refractivity contribution in [2.75, 3.05) is 18.4 Å². The Morgan fingerprint density at radius 3 is 2.75 bits per heavy atom. The van der Waals surface area contributed by atoms with E-state index in [1.165, 1.54) is 0 Å². The average Bonchev–Trinajstić information content (AvgIpc) is 2.85. The first kappa shape index (κ1) is 14.0. The lowest BCUT2D eigenvalue weighted by atomic mass is 10.3. The van der Waals surface area contributed by atoms with E-state index in [0.717, 1.165) is 12.1 Å². The minimum absolute atomic E-state index is 0.208. The van der Waals surface area contributed by atoms with Gasteiger partial charge in [0.1, 0.15) is 5.82 Å². The van der Waals surface area contributed by atoms with Gasteiger partial charge < -0.3 is 10.6 Å². The Balaban J connectivity index is 1.83. The van der Waals surface area contributed by atoms with E-state index in [2.05, 4.69) is 25.9 Å². The van der Waals surface area contributed by atoms with Crippen LogP contribution in [0.3, 0.4) is 0 Å². The van der Waals surface area contributed by atoms with Gasteiger partial charge in [-0.2, -0.15) is 5.10 Å². The molecular weight excluding hydrogens is 256 g/mol. The van der Waals surface area contributed by atoms with Crippen LogP contribution in [-0.4, -0.2) is 39.0 Å². The van der Waals surface area contributed by atoms with E-state index >= 15 is 0 Å². The summed E-state index contributed by atoms with van der Waals surface area (Å²) < 4.78 is 1.77. The molecule has 0 fully saturated rings. The molecule has 2 aromatic heterocycles. The summed E-state index contributed by atoms with van der Waals surface area (Å²) in [4.78, 5) is 11.5. The van der Waals surface area contributed by atoms with Crippen LogP contribution < -0.4 is 10.6 Å². The molecule has 0 aliphatic carbocycles. The minimum atomic E-state index is -0.208. The van der Waals surface area contributed by atoms with Crippen LogP contribution in [0.25, 0.3) is 0 Å². The number of amides is 1. The van der Waals surface area contributed by atoms with E-state index in [-0.39, 0.29) is 5.91 Å². The van der Waals surface area contributed by atoms with Gasteiger partial charge in [-0.3, -0.25) is 9.48 Å². The molecule has 0 aliphatic heterocycles. The highest BCUT2D eigenvalue weighted by molar-refractivity contribution is 5.92. The van der Waals surface area contributed by atoms with Gasteiger partial charge in [-0.25, -0.2) is 0 Å². The van der Waals surface area contributed by atoms with Crippen molar-refractivity contribution in [2.24, 2.45) is 7.05 Å². The quantitative estimate of drug-likeness (QED) is 0.806. The van der Waals surface area contributed by atoms with Crippen molar-refractivity contribution in [1.82, 2.24) is 25.3 Å². The largest absolute Gasteiger partial charge is 0.368 e. The number of hydrogen-bond acceptors (Lipinski definition) is 5. The van der Waals surface area contributed by atoms with E-state index in [1.807, 2.05) is 26.2 Å². The summed E-state index contributed by atoms with van der Waals surface area (Å²) in [7, 11) is 1.89. The first-order chi connectivity index (χ1) is 9.69. The number of hydrogen-bond donors (Lipinski definition) is 2. The molecule has 2 heterocycles. The number of carbonyl (C=O) groups excluding carboxylic acids is 1. The molecule has 0 bridgehead atoms. The van der Waals surface area contributed by atoms with Gasteiger partial charge in [-0.1, -0.05) is 0 Å². The van der Waals surface area contributed by atoms with Crippen LogP contribution >= 0.6 is 0 Å². The standard InChI is InChI=1S/C13H18N6O/c1-3-14-13(20)11-4-5-12(17-16-11)15-8-6-10-7-9-19(2)18-10/h4-5,7,9H,3,6,8H2,1-2H3,(H,14,20)(H,15,17). The fraction of sp³-hybridized carbons (Fsp3) is 0.385. The second-order valence-corrected chi connectivity index (χ2v) is 4.32. The predicted molar refractivity (Wildman–Crippen MR) is 75.4 cm³/mol. The molecule has 106 valence electrons. The van der Waals surface area contributed by atoms with Gasteiger partial charge in [0, 0.05) is 32.8 Å². The summed E-state index contributed by atoms with van der Waals surface area (Å²) in [6, 6.07) is 5.38. The van der Waals surface area contributed by atoms with Crippen molar-refractivity contribution in [2.45, 2.75) is 13.3 Å². The highest BCUT2D eigenvalue weighted by Gasteiger charge is 2.06. The third kappa shape index (κ3) is 3.78. The summed E-state index contributed by atoms with van der Waals surface area (Å²) in [5.41, 5.74) is 1.34. The lowest BCUT2D eigenvalue weighted by Gasteiger charge is -2.04. The molecule has 2 N–H and O–H groups in total. The van der Waals surface area contributed by atoms with E-state index in [0.29, 0.717) is 24.6 Å². The molecule has 0 spiro atoms. The Morgan fingerprint density at radius 1 is 1.30 bits per heavy atom. The van der Waals surface area contributed by atoms with Crippen LogP contribution in [0.1, 0.15) is 23.1 Å². The molecule has 0 radical (unpaired) electrons. The third-order valence-electron chi connectivity index (χ3n) is 2.69. The molecule has 0 atom stereocenters. The van der Waals surface area contributed by atoms with E-state index in [9.17, 15) is 4.79 Å². The zero-order chi connectivity index (χ0) is 14.4. The summed E-state index contributed by atoms with van der Waals surface area (Å²) in [5.74, 6) is 0.439. The molecule has 1 amide bonds. The van der Waals surface area contributed by atoms with Gasteiger partial charge in [-0.15, -0.1) is 10.2 Å². The maximum Gasteiger partial charge on any atom is 0.271 e. The van der Waals surface area contributed by atoms with E-state index in [1.54, 1.807) is 16.8 Å². The van der Waals surface area contributed by atoms with Crippen LogP contribution in [0, 0.1) is 0 Å². The molecule has 20 heavy (non-hydrogen) atoms. The van der Waals surface area contributed by atoms with E-state index < -0.39 is 0 Å². The van der Waals surface area contributed by atoms with Gasteiger partial charge in [-0.05, 0) is 25.1 Å². The number of aromatic nitrogens is 4. The Labute approximate surface area is 117 Å². The SMILES string of the molecule is CCNC(=O)c1ccc(NCCc2ccn(C)n2)nn1. The molecule has 2 aromatic rings. The van der Waals surface area contributed by atoms with Crippen LogP contribution in [0.2, 0.25) is 0 Å². The van der Waals surface area contributed by atoms with E-state index in [4.69, 9.17) is 0 Å². The van der Waals surface area contributed by atoms with Crippen molar-refractivity contribution < 1.29 is 4.79 Å². The van der Waals surface area contributed by atoms with Gasteiger partial charge in [0.25, 0.3) is 5.91 Å². The monoisotopic (exact) mass is 274 g/mol. The Bertz CT molecular complexity index is 562. The number of carbonyl (C=O) groups is 1. The van der Waals surface area contributed by atoms with Crippen molar-refractivity contribution in [1.29, 1.82) is 0 Å². The molecule has 0 aromatic carbocycles. The van der Waals surface area contributed by atoms with Crippen LogP contribution in [0.4, 0.5) is 5.82 Å². The van der Waals surface area contributed by atoms with Crippen molar-refractivity contribution in [3.63, 3.8) is 0 Å². The number of aryl methyl sites for hydroxylation is 1. The fourth-order valence-corrected chi connectivity index (χ4v) is 1.71. The molecule has 0 unspecified atom stereocenters. The second kappa shape index (κ2) is 6.65. The summed E-state index contributed by atoms with van der Waals surface area (Å²) in [6.45, 7) is 3.15. The van der Waals surface area contributed by atoms with Crippen molar-refractivity contribution >= 4 is 11.7 Å². The smallest absolute Gasteiger partial charge is 0.271 e. The van der Waals surface area contributed by atoms with Gasteiger partial charge in [0.2, 0.25) is 0 Å². The summed E-state index contributed by atoms with van der Waals surface area (Å²) in [6.07, 6.45) is 2.72. The Morgan fingerprint density at radius 2 is 2.15 bits per heavy atom. The topological polar surface area (TPSA) is 84.7 Å². The third-order valence-corrected chi connectivity index (χ3v) is 2.69. The molecule has 7 heteroatoms. The first-order valence-electron chi connectivity index (χ1n) is 6.53. The maximum atomic E-state index is 11.5. The number of rotatable bonds is 6. The summed E-state index contributed by atoms with van der Waals surface area (Å²) >= 11 is 0. The lowest BCUT2D eigenvalue weighted by Crippen LogP contribution is -2.24. The normalized spacial score (nSPS) is 10.3. The molecule has 0 saturated carbocycles. The highest BCUT2D eigenvalue weighted by atomic mass is 16.1. The Kier molecular flexibility index (Phi) is 4.65. The highest BCUT2D eigenvalue weighted by Crippen LogP contribution is 2.03. The van der Waals surface area contributed by atoms with Crippen LogP contribution in [0.15, 0.2) is 24.4 Å². The van der Waals surface area contributed by atoms with Gasteiger partial charge in [0.15, 0.2) is 5.69 Å². The lowest BCUT2D eigenvalue weighted by molar-refractivity contribution is 0.0950. The number of anilines is 1.